The van der Waals surface area contributed by atoms with Crippen LogP contribution >= 0.6 is 0 Å². The van der Waals surface area contributed by atoms with E-state index in [2.05, 4.69) is 9.97 Å². The average molecular weight is 547 g/mol. The largest absolute Gasteiger partial charge is 0.477 e. The molecule has 0 saturated heterocycles. The Balaban J connectivity index is 0.000000216. The zero-order valence-corrected chi connectivity index (χ0v) is 19.4. The maximum absolute atomic E-state index is 12.4. The van der Waals surface area contributed by atoms with Crippen LogP contribution in [0.2, 0.25) is 0 Å². The van der Waals surface area contributed by atoms with Gasteiger partial charge in [0, 0.05) is 0 Å². The number of aromatic carboxylic acids is 1. The first-order chi connectivity index (χ1) is 18.3. The van der Waals surface area contributed by atoms with E-state index in [0.29, 0.717) is 5.75 Å². The second-order valence-electron chi connectivity index (χ2n) is 7.42. The van der Waals surface area contributed by atoms with Crippen LogP contribution in [0.3, 0.4) is 0 Å². The van der Waals surface area contributed by atoms with Crippen LogP contribution in [0.5, 0.6) is 23.0 Å². The fourth-order valence-corrected chi connectivity index (χ4v) is 2.77. The van der Waals surface area contributed by atoms with Crippen LogP contribution in [-0.2, 0) is 12.4 Å². The van der Waals surface area contributed by atoms with Gasteiger partial charge in [-0.15, -0.1) is 0 Å². The highest BCUT2D eigenvalue weighted by Gasteiger charge is 2.30. The van der Waals surface area contributed by atoms with Gasteiger partial charge in [-0.25, -0.2) is 14.8 Å². The highest BCUT2D eigenvalue weighted by Crippen LogP contribution is 2.32. The zero-order chi connectivity index (χ0) is 28.6. The van der Waals surface area contributed by atoms with Crippen molar-refractivity contribution in [3.63, 3.8) is 0 Å². The van der Waals surface area contributed by atoms with Crippen LogP contribution in [0.25, 0.3) is 0 Å². The summed E-state index contributed by atoms with van der Waals surface area (Å²) >= 11 is 0. The third-order valence-corrected chi connectivity index (χ3v) is 4.64. The molecular formula is C26H15F6N3O4. The molecule has 2 aromatic carbocycles. The lowest BCUT2D eigenvalue weighted by atomic mass is 10.2. The molecule has 0 radical (unpaired) electrons. The molecule has 4 rings (SSSR count). The minimum atomic E-state index is -4.40. The van der Waals surface area contributed by atoms with E-state index in [4.69, 9.17) is 19.8 Å². The van der Waals surface area contributed by atoms with Crippen molar-refractivity contribution in [2.45, 2.75) is 12.4 Å². The number of carboxylic acid groups (broad SMARTS) is 1. The number of ether oxygens (including phenoxy) is 2. The highest BCUT2D eigenvalue weighted by molar-refractivity contribution is 5.85. The maximum Gasteiger partial charge on any atom is 0.416 e. The van der Waals surface area contributed by atoms with E-state index in [1.165, 1.54) is 60.9 Å². The van der Waals surface area contributed by atoms with E-state index in [1.807, 2.05) is 6.07 Å². The summed E-state index contributed by atoms with van der Waals surface area (Å²) in [4.78, 5) is 18.0. The van der Waals surface area contributed by atoms with Gasteiger partial charge in [-0.2, -0.15) is 31.6 Å². The van der Waals surface area contributed by atoms with Crippen LogP contribution in [0.1, 0.15) is 27.3 Å². The lowest BCUT2D eigenvalue weighted by molar-refractivity contribution is -0.138. The van der Waals surface area contributed by atoms with Crippen molar-refractivity contribution in [2.24, 2.45) is 0 Å². The Labute approximate surface area is 216 Å². The molecule has 0 amide bonds. The molecule has 0 fully saturated rings. The molecule has 0 spiro atoms. The lowest BCUT2D eigenvalue weighted by Crippen LogP contribution is -2.04. The van der Waals surface area contributed by atoms with Gasteiger partial charge in [-0.1, -0.05) is 0 Å². The van der Waals surface area contributed by atoms with Crippen LogP contribution in [-0.4, -0.2) is 21.0 Å². The molecule has 0 bridgehead atoms. The van der Waals surface area contributed by atoms with Gasteiger partial charge in [0.25, 0.3) is 0 Å². The van der Waals surface area contributed by atoms with Gasteiger partial charge in [0.15, 0.2) is 0 Å². The molecule has 4 aromatic rings. The number of rotatable bonds is 5. The number of carbonyl (C=O) groups is 1. The van der Waals surface area contributed by atoms with Crippen molar-refractivity contribution < 1.29 is 45.7 Å². The summed E-state index contributed by atoms with van der Waals surface area (Å²) in [6.45, 7) is 0. The van der Waals surface area contributed by atoms with E-state index < -0.39 is 29.4 Å². The van der Waals surface area contributed by atoms with Gasteiger partial charge in [0.1, 0.15) is 40.5 Å². The van der Waals surface area contributed by atoms with Crippen LogP contribution in [0, 0.1) is 11.3 Å². The Morgan fingerprint density at radius 2 is 1.08 bits per heavy atom. The highest BCUT2D eigenvalue weighted by atomic mass is 19.4. The first kappa shape index (κ1) is 28.5. The number of alkyl halides is 6. The first-order valence-electron chi connectivity index (χ1n) is 10.6. The van der Waals surface area contributed by atoms with Gasteiger partial charge < -0.3 is 14.6 Å². The topological polar surface area (TPSA) is 105 Å². The number of hydrogen-bond donors (Lipinski definition) is 1. The molecule has 13 heteroatoms. The smallest absolute Gasteiger partial charge is 0.416 e. The fraction of sp³-hybridized carbons (Fsp3) is 0.0769. The van der Waals surface area contributed by atoms with Gasteiger partial charge in [0.2, 0.25) is 0 Å². The summed E-state index contributed by atoms with van der Waals surface area (Å²) in [7, 11) is 0. The number of nitriles is 1. The van der Waals surface area contributed by atoms with Crippen molar-refractivity contribution in [2.75, 3.05) is 0 Å². The standard InChI is InChI=1S/C13H7F3N2O.C13H8F3NO3/c14-13(15,16)9-1-4-11(5-2-9)19-12-6-3-10(7-17)18-8-12;14-13(15,16)8-1-3-9(4-2-8)20-10-5-6-11(12(18)19)17-7-10/h1-6,8H;1-7H,(H,18,19). The van der Waals surface area contributed by atoms with Crippen LogP contribution in [0.4, 0.5) is 26.3 Å². The van der Waals surface area contributed by atoms with E-state index in [9.17, 15) is 31.1 Å². The Kier molecular flexibility index (Phi) is 8.72. The van der Waals surface area contributed by atoms with Gasteiger partial charge in [-0.05, 0) is 72.8 Å². The minimum Gasteiger partial charge on any atom is -0.477 e. The molecule has 39 heavy (non-hydrogen) atoms. The predicted octanol–water partition coefficient (Wildman–Crippen LogP) is 7.36. The second-order valence-corrected chi connectivity index (χ2v) is 7.42. The van der Waals surface area contributed by atoms with Crippen molar-refractivity contribution >= 4 is 5.97 Å². The van der Waals surface area contributed by atoms with Crippen molar-refractivity contribution in [1.29, 1.82) is 5.26 Å². The average Bonchev–Trinajstić information content (AvgIpc) is 2.89. The zero-order valence-electron chi connectivity index (χ0n) is 19.4. The second kappa shape index (κ2) is 12.0. The number of carboxylic acids is 1. The van der Waals surface area contributed by atoms with E-state index >= 15 is 0 Å². The quantitative estimate of drug-likeness (QED) is 0.260. The van der Waals surface area contributed by atoms with E-state index in [1.54, 1.807) is 0 Å². The first-order valence-corrected chi connectivity index (χ1v) is 10.6. The molecule has 0 saturated carbocycles. The van der Waals surface area contributed by atoms with Crippen LogP contribution in [0.15, 0.2) is 85.2 Å². The molecule has 0 aliphatic carbocycles. The molecular weight excluding hydrogens is 532 g/mol. The molecule has 2 heterocycles. The summed E-state index contributed by atoms with van der Waals surface area (Å²) in [6, 6.07) is 15.9. The third-order valence-electron chi connectivity index (χ3n) is 4.64. The summed E-state index contributed by atoms with van der Waals surface area (Å²) in [5.41, 5.74) is -1.42. The molecule has 0 aliphatic rings. The van der Waals surface area contributed by atoms with Gasteiger partial charge in [0.05, 0.1) is 23.5 Å². The molecule has 0 unspecified atom stereocenters. The number of benzene rings is 2. The molecule has 0 aliphatic heterocycles. The summed E-state index contributed by atoms with van der Waals surface area (Å²) in [5.74, 6) is -0.137. The fourth-order valence-electron chi connectivity index (χ4n) is 2.77. The number of aromatic nitrogens is 2. The van der Waals surface area contributed by atoms with E-state index in [0.717, 1.165) is 24.3 Å². The molecule has 200 valence electrons. The Morgan fingerprint density at radius 3 is 1.38 bits per heavy atom. The van der Waals surface area contributed by atoms with Crippen molar-refractivity contribution in [3.05, 3.63) is 108 Å². The Bertz CT molecular complexity index is 1430. The Hall–Kier alpha value is -5.12. The number of hydrogen-bond acceptors (Lipinski definition) is 6. The monoisotopic (exact) mass is 547 g/mol. The summed E-state index contributed by atoms with van der Waals surface area (Å²) < 4.78 is 84.7. The van der Waals surface area contributed by atoms with Crippen LogP contribution < -0.4 is 9.47 Å². The number of pyridine rings is 2. The predicted molar refractivity (Wildman–Crippen MR) is 123 cm³/mol. The number of halogens is 6. The molecule has 7 nitrogen and oxygen atoms in total. The van der Waals surface area contributed by atoms with Crippen molar-refractivity contribution in [3.8, 4) is 29.1 Å². The van der Waals surface area contributed by atoms with Gasteiger partial charge >= 0.3 is 18.3 Å². The Morgan fingerprint density at radius 1 is 0.667 bits per heavy atom. The molecule has 0 atom stereocenters. The molecule has 2 aromatic heterocycles. The SMILES string of the molecule is N#Cc1ccc(Oc2ccc(C(F)(F)F)cc2)cn1.O=C(O)c1ccc(Oc2ccc(C(F)(F)F)cc2)cn1. The van der Waals surface area contributed by atoms with Crippen molar-refractivity contribution in [1.82, 2.24) is 9.97 Å². The third kappa shape index (κ3) is 8.46. The van der Waals surface area contributed by atoms with Gasteiger partial charge in [-0.3, -0.25) is 0 Å². The maximum atomic E-state index is 12.4. The molecule has 1 N–H and O–H groups in total. The normalized spacial score (nSPS) is 11.0. The summed E-state index contributed by atoms with van der Waals surface area (Å²) in [6.07, 6.45) is -6.25. The van der Waals surface area contributed by atoms with E-state index in [-0.39, 0.29) is 28.6 Å². The summed E-state index contributed by atoms with van der Waals surface area (Å²) in [5, 5.41) is 17.2. The number of nitrogens with zero attached hydrogens (tertiary/aromatic N) is 3. The minimum absolute atomic E-state index is 0.148. The lowest BCUT2D eigenvalue weighted by Gasteiger charge is -2.08.